The summed E-state index contributed by atoms with van der Waals surface area (Å²) in [6, 6.07) is 29.0. The number of hydrogen-bond donors (Lipinski definition) is 1. The number of ether oxygens (including phenoxy) is 6. The van der Waals surface area contributed by atoms with E-state index in [1.807, 2.05) is 111 Å². The number of fused-ring (bicyclic) bond motifs is 8. The van der Waals surface area contributed by atoms with Gasteiger partial charge in [-0.05, 0) is 104 Å². The van der Waals surface area contributed by atoms with E-state index in [1.54, 1.807) is 36.2 Å². The number of rotatable bonds is 20. The molecule has 4 heterocycles. The van der Waals surface area contributed by atoms with E-state index in [9.17, 15) is 14.4 Å². The van der Waals surface area contributed by atoms with E-state index in [2.05, 4.69) is 11.4 Å². The van der Waals surface area contributed by atoms with Crippen LogP contribution in [-0.2, 0) is 65.7 Å². The lowest BCUT2D eigenvalue weighted by Crippen LogP contribution is -2.40. The topological polar surface area (TPSA) is 141 Å². The number of amides is 3. The molecule has 3 atom stereocenters. The first-order valence-electron chi connectivity index (χ1n) is 24.0. The van der Waals surface area contributed by atoms with E-state index in [4.69, 9.17) is 44.6 Å². The van der Waals surface area contributed by atoms with Crippen molar-refractivity contribution in [2.75, 3.05) is 86.6 Å². The van der Waals surface area contributed by atoms with Gasteiger partial charge in [-0.1, -0.05) is 47.6 Å². The maximum Gasteiger partial charge on any atom is 0.261 e. The monoisotopic (exact) mass is 999 g/mol. The standard InChI is InChI=1S/C55H61N5O9S2/c1-35-21-43-45(56-31-41-25-38-11-7-9-13-47(38)59(41)53(43)62)28-49(35)68-33-36-22-37(24-40(23-36)58(52(61)30-55(2,3)71(6)70)15-16-66-19-20-67-18-17-64-4)34-69-51-29-46-44(27-50(51)65-5)54(63)60-42(32-57-46)26-39-12-8-10-14-48(39)60/h7-14,21-24,27-29,32,41-42,56H,15-20,25-26,30-31,33-34H2,1-6H3/t41-,42-,71?/m0/s1. The largest absolute Gasteiger partial charge is 0.493 e. The molecule has 9 rings (SSSR count). The second-order valence-electron chi connectivity index (χ2n) is 18.8. The number of carbonyl (C=O) groups is 3. The van der Waals surface area contributed by atoms with Crippen molar-refractivity contribution in [2.45, 2.75) is 70.1 Å². The van der Waals surface area contributed by atoms with Crippen LogP contribution in [0.5, 0.6) is 17.2 Å². The summed E-state index contributed by atoms with van der Waals surface area (Å²) in [5, 5.41) is 3.55. The number of benzene rings is 5. The quantitative estimate of drug-likeness (QED) is 0.0753. The third-order valence-corrected chi connectivity index (χ3v) is 16.6. The fourth-order valence-electron chi connectivity index (χ4n) is 9.58. The summed E-state index contributed by atoms with van der Waals surface area (Å²) in [6.07, 6.45) is 5.50. The van der Waals surface area contributed by atoms with E-state index in [-0.39, 0.29) is 62.6 Å². The molecule has 0 radical (unpaired) electrons. The third-order valence-electron chi connectivity index (χ3n) is 13.5. The predicted molar refractivity (Wildman–Crippen MR) is 283 cm³/mol. The summed E-state index contributed by atoms with van der Waals surface area (Å²) < 4.78 is 35.3. The molecule has 71 heavy (non-hydrogen) atoms. The van der Waals surface area contributed by atoms with Crippen molar-refractivity contribution in [2.24, 2.45) is 4.99 Å². The van der Waals surface area contributed by atoms with Crippen LogP contribution < -0.4 is 34.2 Å². The lowest BCUT2D eigenvalue weighted by atomic mass is 10.1. The molecule has 1 unspecified atom stereocenters. The van der Waals surface area contributed by atoms with Crippen LogP contribution in [0.3, 0.4) is 0 Å². The zero-order valence-corrected chi connectivity index (χ0v) is 42.8. The molecule has 0 aromatic heterocycles. The Kier molecular flexibility index (Phi) is 15.2. The Morgan fingerprint density at radius 2 is 1.44 bits per heavy atom. The van der Waals surface area contributed by atoms with E-state index in [0.29, 0.717) is 79.1 Å². The van der Waals surface area contributed by atoms with Gasteiger partial charge in [0, 0.05) is 73.2 Å². The number of hydrogen-bond acceptors (Lipinski definition) is 12. The Labute approximate surface area is 422 Å². The number of aliphatic imine (C=N–C) groups is 1. The fourth-order valence-corrected chi connectivity index (χ4v) is 10.1. The number of methoxy groups -OCH3 is 2. The molecule has 3 amide bonds. The maximum absolute atomic E-state index is 14.5. The Balaban J connectivity index is 1.01. The van der Waals surface area contributed by atoms with Crippen LogP contribution in [0, 0.1) is 6.92 Å². The van der Waals surface area contributed by atoms with Crippen molar-refractivity contribution in [3.05, 3.63) is 130 Å². The molecule has 5 aromatic carbocycles. The number of aryl methyl sites for hydroxylation is 1. The molecule has 372 valence electrons. The van der Waals surface area contributed by atoms with Crippen LogP contribution in [0.4, 0.5) is 28.4 Å². The zero-order valence-electron chi connectivity index (χ0n) is 41.2. The second kappa shape index (κ2) is 21.7. The summed E-state index contributed by atoms with van der Waals surface area (Å²) in [5.74, 6) is 1.13. The van der Waals surface area contributed by atoms with Crippen molar-refractivity contribution in [3.8, 4) is 17.2 Å². The summed E-state index contributed by atoms with van der Waals surface area (Å²) in [6.45, 7) is 9.05. The van der Waals surface area contributed by atoms with Gasteiger partial charge in [0.15, 0.2) is 11.5 Å². The van der Waals surface area contributed by atoms with Crippen LogP contribution in [0.1, 0.15) is 68.8 Å². The summed E-state index contributed by atoms with van der Waals surface area (Å²) in [7, 11) is 2.71. The smallest absolute Gasteiger partial charge is 0.261 e. The van der Waals surface area contributed by atoms with Gasteiger partial charge < -0.3 is 43.5 Å². The third kappa shape index (κ3) is 10.7. The van der Waals surface area contributed by atoms with Crippen LogP contribution in [-0.4, -0.2) is 107 Å². The van der Waals surface area contributed by atoms with Gasteiger partial charge in [0.25, 0.3) is 11.8 Å². The van der Waals surface area contributed by atoms with Gasteiger partial charge in [-0.2, -0.15) is 0 Å². The highest BCUT2D eigenvalue weighted by Crippen LogP contribution is 2.42. The van der Waals surface area contributed by atoms with E-state index in [1.165, 1.54) is 5.56 Å². The molecule has 5 aromatic rings. The summed E-state index contributed by atoms with van der Waals surface area (Å²) in [4.78, 5) is 53.1. The van der Waals surface area contributed by atoms with Gasteiger partial charge >= 0.3 is 0 Å². The Morgan fingerprint density at radius 3 is 2.14 bits per heavy atom. The number of nitrogens with one attached hydrogen (secondary N) is 1. The van der Waals surface area contributed by atoms with Crippen LogP contribution in [0.2, 0.25) is 0 Å². The molecule has 14 nitrogen and oxygen atoms in total. The van der Waals surface area contributed by atoms with E-state index < -0.39 is 14.2 Å². The lowest BCUT2D eigenvalue weighted by molar-refractivity contribution is -0.119. The molecule has 4 aliphatic heterocycles. The highest BCUT2D eigenvalue weighted by molar-refractivity contribution is 8.29. The fraction of sp³-hybridized carbons (Fsp3) is 0.382. The molecule has 0 saturated heterocycles. The maximum atomic E-state index is 14.5. The number of para-hydroxylation sites is 2. The van der Waals surface area contributed by atoms with Crippen molar-refractivity contribution in [1.82, 2.24) is 0 Å². The van der Waals surface area contributed by atoms with Crippen molar-refractivity contribution in [1.29, 1.82) is 0 Å². The minimum atomic E-state index is -0.463. The number of nitrogens with zero attached hydrogens (tertiary/aromatic N) is 4. The Hall–Kier alpha value is -6.17. The highest BCUT2D eigenvalue weighted by atomic mass is 32.8. The van der Waals surface area contributed by atoms with Gasteiger partial charge in [0.1, 0.15) is 19.0 Å². The number of anilines is 4. The first-order chi connectivity index (χ1) is 34.3. The molecule has 0 saturated carbocycles. The van der Waals surface area contributed by atoms with Crippen LogP contribution in [0.15, 0.2) is 96.0 Å². The molecule has 0 bridgehead atoms. The van der Waals surface area contributed by atoms with Gasteiger partial charge in [-0.15, -0.1) is 9.45 Å². The van der Waals surface area contributed by atoms with Crippen molar-refractivity contribution < 1.29 is 42.8 Å². The average molecular weight is 1000 g/mol. The Bertz CT molecular complexity index is 2890. The minimum Gasteiger partial charge on any atom is -0.493 e. The van der Waals surface area contributed by atoms with Crippen LogP contribution >= 0.6 is 0 Å². The molecule has 0 spiro atoms. The minimum absolute atomic E-state index is 0.00264. The first kappa shape index (κ1) is 49.8. The molecule has 1 N–H and O–H groups in total. The second-order valence-corrected chi connectivity index (χ2v) is 22.3. The number of carbonyl (C=O) groups excluding carboxylic acids is 3. The first-order valence-corrected chi connectivity index (χ1v) is 26.5. The van der Waals surface area contributed by atoms with Gasteiger partial charge in [-0.3, -0.25) is 24.3 Å². The molecular formula is C55H61N5O9S2. The van der Waals surface area contributed by atoms with Crippen LogP contribution in [0.25, 0.3) is 0 Å². The average Bonchev–Trinajstić information content (AvgIpc) is 3.85. The van der Waals surface area contributed by atoms with Crippen molar-refractivity contribution in [3.63, 3.8) is 0 Å². The Morgan fingerprint density at radius 1 is 0.789 bits per heavy atom. The summed E-state index contributed by atoms with van der Waals surface area (Å²) in [5.41, 5.74) is 9.31. The van der Waals surface area contributed by atoms with Gasteiger partial charge in [0.05, 0.1) is 74.7 Å². The van der Waals surface area contributed by atoms with Gasteiger partial charge in [-0.25, -0.2) is 0 Å². The zero-order chi connectivity index (χ0) is 49.8. The lowest BCUT2D eigenvalue weighted by Gasteiger charge is -2.30. The predicted octanol–water partition coefficient (Wildman–Crippen LogP) is 8.34. The molecule has 0 aliphatic carbocycles. The summed E-state index contributed by atoms with van der Waals surface area (Å²) >= 11 is 5.72. The van der Waals surface area contributed by atoms with Crippen molar-refractivity contribution >= 4 is 73.0 Å². The van der Waals surface area contributed by atoms with E-state index >= 15 is 0 Å². The van der Waals surface area contributed by atoms with E-state index in [0.717, 1.165) is 45.7 Å². The normalized spacial score (nSPS) is 16.9. The highest BCUT2D eigenvalue weighted by Gasteiger charge is 2.39. The SMILES string of the molecule is COCCOCCOCCN(C(=O)CC(C)(C)S(C)=S)c1cc(COc2cc3c(cc2C)C(=O)N2c4ccccc4C[C@H]2CN3)cc(COc2cc3c(cc2OC)C(=O)N2c4ccccc4C[C@H]2C=N3)c1. The molecule has 16 heteroatoms. The van der Waals surface area contributed by atoms with Gasteiger partial charge in [0.2, 0.25) is 5.91 Å². The molecular weight excluding hydrogens is 939 g/mol. The molecule has 0 fully saturated rings. The molecule has 4 aliphatic rings.